The molecular formula is C37H38INO6S. The molecule has 46 heavy (non-hydrogen) atoms. The van der Waals surface area contributed by atoms with E-state index < -0.39 is 16.0 Å². The molecule has 2 aliphatic carbocycles. The predicted octanol–water partition coefficient (Wildman–Crippen LogP) is 7.95. The number of carbonyl (C=O) groups excluding carboxylic acids is 2. The van der Waals surface area contributed by atoms with Gasteiger partial charge in [0.05, 0.1) is 10.7 Å². The summed E-state index contributed by atoms with van der Waals surface area (Å²) in [5, 5.41) is 0. The van der Waals surface area contributed by atoms with E-state index >= 15 is 0 Å². The molecule has 0 N–H and O–H groups in total. The first-order valence-corrected chi connectivity index (χ1v) is 17.9. The molecule has 0 unspecified atom stereocenters. The summed E-state index contributed by atoms with van der Waals surface area (Å²) in [5.74, 6) is -0.275. The van der Waals surface area contributed by atoms with Crippen molar-refractivity contribution in [2.45, 2.75) is 70.7 Å². The molecular weight excluding hydrogens is 713 g/mol. The monoisotopic (exact) mass is 751 g/mol. The highest BCUT2D eigenvalue weighted by Gasteiger charge is 2.49. The van der Waals surface area contributed by atoms with Gasteiger partial charge in [0, 0.05) is 47.8 Å². The van der Waals surface area contributed by atoms with Gasteiger partial charge in [0.1, 0.15) is 4.90 Å². The number of nitrogens with zero attached hydrogens (tertiary/aromatic N) is 1. The number of ketones is 2. The molecule has 3 aliphatic rings. The first-order chi connectivity index (χ1) is 21.7. The van der Waals surface area contributed by atoms with E-state index in [1.165, 1.54) is 19.2 Å². The van der Waals surface area contributed by atoms with Gasteiger partial charge < -0.3 is 13.8 Å². The van der Waals surface area contributed by atoms with E-state index in [1.54, 1.807) is 24.3 Å². The van der Waals surface area contributed by atoms with Crippen molar-refractivity contribution in [1.82, 2.24) is 4.90 Å². The van der Waals surface area contributed by atoms with Crippen LogP contribution < -0.4 is 8.92 Å². The third kappa shape index (κ3) is 6.15. The Labute approximate surface area is 284 Å². The predicted molar refractivity (Wildman–Crippen MR) is 185 cm³/mol. The highest BCUT2D eigenvalue weighted by atomic mass is 127. The standard InChI is InChI=1S/C37H38INO6S/c1-36(2)18-27-33(29(40)20-36)32(34-28(19-37(3,4)21-30(34)41)39(27)22-23-12-8-6-9-13-23)24-16-26(38)35(31(17-24)44-5)45-46(42,43)25-14-10-7-11-15-25/h6-17,32H,18-22H2,1-5H3. The lowest BCUT2D eigenvalue weighted by atomic mass is 9.63. The molecule has 3 aromatic carbocycles. The average molecular weight is 752 g/mol. The first-order valence-electron chi connectivity index (χ1n) is 15.4. The third-order valence-electron chi connectivity index (χ3n) is 9.02. The van der Waals surface area contributed by atoms with Gasteiger partial charge >= 0.3 is 10.1 Å². The van der Waals surface area contributed by atoms with E-state index in [1.807, 2.05) is 46.9 Å². The van der Waals surface area contributed by atoms with E-state index in [0.29, 0.717) is 52.5 Å². The molecule has 0 spiro atoms. The van der Waals surface area contributed by atoms with Crippen LogP contribution in [0.25, 0.3) is 0 Å². The van der Waals surface area contributed by atoms with E-state index in [4.69, 9.17) is 8.92 Å². The van der Waals surface area contributed by atoms with Gasteiger partial charge in [-0.15, -0.1) is 0 Å². The Kier molecular flexibility index (Phi) is 8.46. The summed E-state index contributed by atoms with van der Waals surface area (Å²) in [7, 11) is -2.69. The maximum Gasteiger partial charge on any atom is 0.339 e. The molecule has 0 aromatic heterocycles. The lowest BCUT2D eigenvalue weighted by Gasteiger charge is -2.49. The molecule has 0 saturated heterocycles. The van der Waals surface area contributed by atoms with E-state index in [2.05, 4.69) is 44.7 Å². The zero-order valence-electron chi connectivity index (χ0n) is 26.7. The lowest BCUT2D eigenvalue weighted by Crippen LogP contribution is -2.44. The summed E-state index contributed by atoms with van der Waals surface area (Å²) in [6.07, 6.45) is 2.12. The number of allylic oxidation sites excluding steroid dienone is 4. The third-order valence-corrected chi connectivity index (χ3v) is 11.1. The molecule has 7 nitrogen and oxygen atoms in total. The number of benzene rings is 3. The molecule has 0 atom stereocenters. The van der Waals surface area contributed by atoms with E-state index in [9.17, 15) is 18.0 Å². The number of ether oxygens (including phenoxy) is 1. The number of hydrogen-bond donors (Lipinski definition) is 0. The fraction of sp³-hybridized carbons (Fsp3) is 0.351. The van der Waals surface area contributed by atoms with E-state index in [-0.39, 0.29) is 38.8 Å². The van der Waals surface area contributed by atoms with Gasteiger partial charge in [0.2, 0.25) is 0 Å². The molecule has 1 aliphatic heterocycles. The lowest BCUT2D eigenvalue weighted by molar-refractivity contribution is -0.119. The van der Waals surface area contributed by atoms with Crippen molar-refractivity contribution in [2.75, 3.05) is 7.11 Å². The molecule has 9 heteroatoms. The van der Waals surface area contributed by atoms with Crippen LogP contribution in [0.3, 0.4) is 0 Å². The van der Waals surface area contributed by atoms with Gasteiger partial charge in [-0.2, -0.15) is 8.42 Å². The van der Waals surface area contributed by atoms with Gasteiger partial charge in [-0.1, -0.05) is 76.2 Å². The van der Waals surface area contributed by atoms with Crippen LogP contribution in [0.5, 0.6) is 11.5 Å². The normalized spacial score (nSPS) is 19.6. The number of halogens is 1. The summed E-state index contributed by atoms with van der Waals surface area (Å²) < 4.78 is 38.2. The molecule has 3 aromatic rings. The summed E-state index contributed by atoms with van der Waals surface area (Å²) in [4.78, 5) is 30.7. The molecule has 0 bridgehead atoms. The maximum atomic E-state index is 14.2. The Morgan fingerprint density at radius 1 is 0.804 bits per heavy atom. The van der Waals surface area contributed by atoms with Crippen LogP contribution in [-0.4, -0.2) is 32.0 Å². The molecule has 240 valence electrons. The SMILES string of the molecule is COc1cc(C2C3=C(CC(C)(C)CC3=O)N(Cc3ccccc3)C3=C2C(=O)CC(C)(C)C3)cc(I)c1OS(=O)(=O)c1ccccc1. The zero-order chi connectivity index (χ0) is 33.0. The summed E-state index contributed by atoms with van der Waals surface area (Å²) >= 11 is 2.04. The van der Waals surface area contributed by atoms with Crippen molar-refractivity contribution in [3.05, 3.63) is 110 Å². The van der Waals surface area contributed by atoms with Crippen molar-refractivity contribution in [1.29, 1.82) is 0 Å². The van der Waals surface area contributed by atoms with Crippen molar-refractivity contribution < 1.29 is 26.9 Å². The summed E-state index contributed by atoms with van der Waals surface area (Å²) in [6.45, 7) is 9.04. The Hall–Kier alpha value is -3.44. The number of hydrogen-bond acceptors (Lipinski definition) is 7. The molecule has 0 radical (unpaired) electrons. The van der Waals surface area contributed by atoms with Crippen molar-refractivity contribution in [3.63, 3.8) is 0 Å². The molecule has 6 rings (SSSR count). The largest absolute Gasteiger partial charge is 0.493 e. The van der Waals surface area contributed by atoms with Gasteiger partial charge in [-0.3, -0.25) is 9.59 Å². The highest BCUT2D eigenvalue weighted by molar-refractivity contribution is 14.1. The van der Waals surface area contributed by atoms with Gasteiger partial charge in [0.25, 0.3) is 0 Å². The zero-order valence-corrected chi connectivity index (χ0v) is 29.7. The van der Waals surface area contributed by atoms with Crippen LogP contribution in [0.15, 0.2) is 100 Å². The van der Waals surface area contributed by atoms with Gasteiger partial charge in [-0.25, -0.2) is 0 Å². The van der Waals surface area contributed by atoms with Gasteiger partial charge in [0.15, 0.2) is 23.1 Å². The highest BCUT2D eigenvalue weighted by Crippen LogP contribution is 2.55. The fourth-order valence-electron chi connectivity index (χ4n) is 7.07. The van der Waals surface area contributed by atoms with Crippen LogP contribution in [0, 0.1) is 14.4 Å². The van der Waals surface area contributed by atoms with Crippen molar-refractivity contribution >= 4 is 44.3 Å². The van der Waals surface area contributed by atoms with Crippen molar-refractivity contribution in [3.8, 4) is 11.5 Å². The van der Waals surface area contributed by atoms with Crippen LogP contribution in [0.1, 0.15) is 70.4 Å². The quantitative estimate of drug-likeness (QED) is 0.179. The Morgan fingerprint density at radius 2 is 1.33 bits per heavy atom. The maximum absolute atomic E-state index is 14.2. The Bertz CT molecular complexity index is 1840. The first kappa shape index (κ1) is 32.5. The molecule has 0 saturated carbocycles. The number of Topliss-reactive ketones (excluding diaryl/α,β-unsaturated/α-hetero) is 2. The Balaban J connectivity index is 1.54. The summed E-state index contributed by atoms with van der Waals surface area (Å²) in [5.41, 5.74) is 4.50. The number of methoxy groups -OCH3 is 1. The van der Waals surface area contributed by atoms with E-state index in [0.717, 1.165) is 17.0 Å². The smallest absolute Gasteiger partial charge is 0.339 e. The second kappa shape index (κ2) is 12.0. The second-order valence-electron chi connectivity index (χ2n) is 14.0. The summed E-state index contributed by atoms with van der Waals surface area (Å²) in [6, 6.07) is 21.7. The van der Waals surface area contributed by atoms with Crippen LogP contribution in [-0.2, 0) is 26.3 Å². The van der Waals surface area contributed by atoms with Crippen molar-refractivity contribution in [2.24, 2.45) is 10.8 Å². The minimum absolute atomic E-state index is 0.0261. The second-order valence-corrected chi connectivity index (χ2v) is 16.7. The minimum Gasteiger partial charge on any atom is -0.493 e. The molecule has 1 heterocycles. The Morgan fingerprint density at radius 3 is 1.85 bits per heavy atom. The topological polar surface area (TPSA) is 90.0 Å². The van der Waals surface area contributed by atoms with Gasteiger partial charge in [-0.05, 0) is 81.7 Å². The molecule has 0 fully saturated rings. The minimum atomic E-state index is -4.14. The van der Waals surface area contributed by atoms with Crippen LogP contribution in [0.4, 0.5) is 0 Å². The number of rotatable bonds is 7. The number of carbonyl (C=O) groups is 2. The van der Waals surface area contributed by atoms with Crippen LogP contribution >= 0.6 is 22.6 Å². The average Bonchev–Trinajstić information content (AvgIpc) is 2.98. The van der Waals surface area contributed by atoms with Crippen LogP contribution in [0.2, 0.25) is 0 Å². The fourth-order valence-corrected chi connectivity index (χ4v) is 8.93. The molecule has 0 amide bonds.